The fourth-order valence-corrected chi connectivity index (χ4v) is 4.34. The Morgan fingerprint density at radius 2 is 1.71 bits per heavy atom. The highest BCUT2D eigenvalue weighted by Gasteiger charge is 2.20. The van der Waals surface area contributed by atoms with Crippen molar-refractivity contribution in [3.63, 3.8) is 0 Å². The standard InChI is InChI=1S/C26H22ClN5O2/c1-15-10-11-20-21(12-15)31(14-18-8-5-9-19(27)13-18)26(34)24-29-23(30-32(20)24)25(33)28-22-16(2)6-4-7-17(22)3/h4-13H,14H2,1-3H3,(H,28,33). The molecule has 5 aromatic rings. The van der Waals surface area contributed by atoms with Crippen molar-refractivity contribution in [1.29, 1.82) is 0 Å². The zero-order valence-corrected chi connectivity index (χ0v) is 19.7. The molecule has 0 unspecified atom stereocenters. The number of halogens is 1. The molecule has 0 aliphatic rings. The molecule has 170 valence electrons. The van der Waals surface area contributed by atoms with Gasteiger partial charge in [0.05, 0.1) is 17.6 Å². The Balaban J connectivity index is 1.66. The number of carbonyl (C=O) groups excluding carboxylic acids is 1. The Hall–Kier alpha value is -3.97. The van der Waals surface area contributed by atoms with Gasteiger partial charge in [-0.3, -0.25) is 14.2 Å². The summed E-state index contributed by atoms with van der Waals surface area (Å²) in [5.41, 5.74) is 5.59. The summed E-state index contributed by atoms with van der Waals surface area (Å²) in [5, 5.41) is 7.90. The molecule has 2 heterocycles. The summed E-state index contributed by atoms with van der Waals surface area (Å²) in [6, 6.07) is 18.9. The zero-order valence-electron chi connectivity index (χ0n) is 19.0. The Morgan fingerprint density at radius 3 is 2.44 bits per heavy atom. The number of hydrogen-bond acceptors (Lipinski definition) is 4. The Bertz CT molecular complexity index is 1630. The van der Waals surface area contributed by atoms with Crippen LogP contribution >= 0.6 is 11.6 Å². The van der Waals surface area contributed by atoms with Gasteiger partial charge < -0.3 is 5.32 Å². The number of nitrogens with zero attached hydrogens (tertiary/aromatic N) is 4. The van der Waals surface area contributed by atoms with E-state index in [2.05, 4.69) is 15.4 Å². The Labute approximate surface area is 200 Å². The minimum atomic E-state index is -0.470. The summed E-state index contributed by atoms with van der Waals surface area (Å²) in [5.74, 6) is -0.538. The lowest BCUT2D eigenvalue weighted by Gasteiger charge is -2.12. The topological polar surface area (TPSA) is 81.3 Å². The van der Waals surface area contributed by atoms with E-state index in [1.54, 1.807) is 10.6 Å². The second-order valence-electron chi connectivity index (χ2n) is 8.41. The molecule has 1 N–H and O–H groups in total. The van der Waals surface area contributed by atoms with Gasteiger partial charge in [0.1, 0.15) is 0 Å². The highest BCUT2D eigenvalue weighted by atomic mass is 35.5. The van der Waals surface area contributed by atoms with Crippen LogP contribution in [0.4, 0.5) is 5.69 Å². The van der Waals surface area contributed by atoms with E-state index < -0.39 is 5.91 Å². The molecule has 0 spiro atoms. The number of hydrogen-bond donors (Lipinski definition) is 1. The van der Waals surface area contributed by atoms with Gasteiger partial charge in [0.2, 0.25) is 11.5 Å². The molecule has 0 saturated heterocycles. The summed E-state index contributed by atoms with van der Waals surface area (Å²) in [6.07, 6.45) is 0. The largest absolute Gasteiger partial charge is 0.319 e. The van der Waals surface area contributed by atoms with E-state index in [1.165, 1.54) is 4.52 Å². The van der Waals surface area contributed by atoms with Crippen LogP contribution in [0.5, 0.6) is 0 Å². The smallest absolute Gasteiger partial charge is 0.296 e. The van der Waals surface area contributed by atoms with Crippen LogP contribution in [0.25, 0.3) is 16.7 Å². The quantitative estimate of drug-likeness (QED) is 0.403. The van der Waals surface area contributed by atoms with Gasteiger partial charge in [-0.05, 0) is 67.3 Å². The number of rotatable bonds is 4. The summed E-state index contributed by atoms with van der Waals surface area (Å²) >= 11 is 6.16. The first kappa shape index (κ1) is 21.9. The van der Waals surface area contributed by atoms with Crippen molar-refractivity contribution in [2.24, 2.45) is 0 Å². The predicted octanol–water partition coefficient (Wildman–Crippen LogP) is 4.92. The highest BCUT2D eigenvalue weighted by Crippen LogP contribution is 2.21. The van der Waals surface area contributed by atoms with Crippen molar-refractivity contribution in [2.75, 3.05) is 5.32 Å². The lowest BCUT2D eigenvalue weighted by molar-refractivity contribution is 0.101. The van der Waals surface area contributed by atoms with Crippen LogP contribution in [-0.4, -0.2) is 25.1 Å². The van der Waals surface area contributed by atoms with Gasteiger partial charge in [-0.1, -0.05) is 48.0 Å². The van der Waals surface area contributed by atoms with Gasteiger partial charge in [0.15, 0.2) is 0 Å². The molecule has 0 aliphatic heterocycles. The van der Waals surface area contributed by atoms with Crippen LogP contribution < -0.4 is 10.9 Å². The summed E-state index contributed by atoms with van der Waals surface area (Å²) < 4.78 is 3.09. The van der Waals surface area contributed by atoms with Gasteiger partial charge in [-0.25, -0.2) is 4.52 Å². The number of carbonyl (C=O) groups is 1. The average Bonchev–Trinajstić information content (AvgIpc) is 3.25. The van der Waals surface area contributed by atoms with E-state index >= 15 is 0 Å². The summed E-state index contributed by atoms with van der Waals surface area (Å²) in [6.45, 7) is 6.11. The molecular formula is C26H22ClN5O2. The van der Waals surface area contributed by atoms with E-state index in [1.807, 2.05) is 75.4 Å². The molecule has 0 radical (unpaired) electrons. The third-order valence-electron chi connectivity index (χ3n) is 5.85. The molecule has 3 aromatic carbocycles. The van der Waals surface area contributed by atoms with E-state index in [-0.39, 0.29) is 17.0 Å². The maximum absolute atomic E-state index is 13.5. The van der Waals surface area contributed by atoms with Crippen molar-refractivity contribution in [1.82, 2.24) is 19.2 Å². The molecule has 2 aromatic heterocycles. The van der Waals surface area contributed by atoms with Gasteiger partial charge in [-0.2, -0.15) is 4.98 Å². The van der Waals surface area contributed by atoms with E-state index in [9.17, 15) is 9.59 Å². The SMILES string of the molecule is Cc1ccc2c(c1)n(Cc1cccc(Cl)c1)c(=O)c1nc(C(=O)Nc3c(C)cccc3C)nn12. The number of anilines is 1. The molecule has 0 saturated carbocycles. The second-order valence-corrected chi connectivity index (χ2v) is 8.84. The number of para-hydroxylation sites is 1. The first-order valence-electron chi connectivity index (χ1n) is 10.8. The van der Waals surface area contributed by atoms with Crippen LogP contribution in [0.3, 0.4) is 0 Å². The number of fused-ring (bicyclic) bond motifs is 3. The normalized spacial score (nSPS) is 11.3. The number of aryl methyl sites for hydroxylation is 3. The predicted molar refractivity (Wildman–Crippen MR) is 134 cm³/mol. The van der Waals surface area contributed by atoms with Crippen LogP contribution in [0.1, 0.15) is 32.9 Å². The van der Waals surface area contributed by atoms with E-state index in [0.29, 0.717) is 28.3 Å². The maximum Gasteiger partial charge on any atom is 0.296 e. The molecular weight excluding hydrogens is 450 g/mol. The van der Waals surface area contributed by atoms with Crippen molar-refractivity contribution in [2.45, 2.75) is 27.3 Å². The van der Waals surface area contributed by atoms with Crippen molar-refractivity contribution in [3.05, 3.63) is 104 Å². The van der Waals surface area contributed by atoms with Crippen molar-refractivity contribution < 1.29 is 4.79 Å². The van der Waals surface area contributed by atoms with Crippen molar-refractivity contribution in [3.8, 4) is 0 Å². The molecule has 5 rings (SSSR count). The van der Waals surface area contributed by atoms with E-state index in [0.717, 1.165) is 22.3 Å². The monoisotopic (exact) mass is 471 g/mol. The molecule has 8 heteroatoms. The maximum atomic E-state index is 13.5. The molecule has 1 amide bonds. The number of nitrogens with one attached hydrogen (secondary N) is 1. The third kappa shape index (κ3) is 3.84. The Morgan fingerprint density at radius 1 is 0.971 bits per heavy atom. The minimum absolute atomic E-state index is 0.0675. The van der Waals surface area contributed by atoms with Gasteiger partial charge >= 0.3 is 0 Å². The second kappa shape index (κ2) is 8.43. The summed E-state index contributed by atoms with van der Waals surface area (Å²) in [4.78, 5) is 30.9. The molecule has 7 nitrogen and oxygen atoms in total. The lowest BCUT2D eigenvalue weighted by Crippen LogP contribution is -2.24. The van der Waals surface area contributed by atoms with Gasteiger partial charge in [0, 0.05) is 10.7 Å². The Kier molecular flexibility index (Phi) is 5.42. The minimum Gasteiger partial charge on any atom is -0.319 e. The summed E-state index contributed by atoms with van der Waals surface area (Å²) in [7, 11) is 0. The number of amides is 1. The molecule has 0 aliphatic carbocycles. The molecule has 0 bridgehead atoms. The van der Waals surface area contributed by atoms with Gasteiger partial charge in [-0.15, -0.1) is 5.10 Å². The fourth-order valence-electron chi connectivity index (χ4n) is 4.13. The van der Waals surface area contributed by atoms with Crippen LogP contribution in [0.2, 0.25) is 5.02 Å². The number of aromatic nitrogens is 4. The third-order valence-corrected chi connectivity index (χ3v) is 6.08. The van der Waals surface area contributed by atoms with Crippen LogP contribution in [0, 0.1) is 20.8 Å². The lowest BCUT2D eigenvalue weighted by atomic mass is 10.1. The van der Waals surface area contributed by atoms with Crippen molar-refractivity contribution >= 4 is 39.9 Å². The molecule has 0 fully saturated rings. The first-order chi connectivity index (χ1) is 16.3. The van der Waals surface area contributed by atoms with Gasteiger partial charge in [0.25, 0.3) is 11.5 Å². The molecule has 0 atom stereocenters. The van der Waals surface area contributed by atoms with Crippen LogP contribution in [0.15, 0.2) is 65.5 Å². The number of benzene rings is 3. The first-order valence-corrected chi connectivity index (χ1v) is 11.2. The highest BCUT2D eigenvalue weighted by molar-refractivity contribution is 6.30. The average molecular weight is 472 g/mol. The fraction of sp³-hybridized carbons (Fsp3) is 0.154. The molecule has 34 heavy (non-hydrogen) atoms. The van der Waals surface area contributed by atoms with Crippen LogP contribution in [-0.2, 0) is 6.54 Å². The van der Waals surface area contributed by atoms with E-state index in [4.69, 9.17) is 11.6 Å². The zero-order chi connectivity index (χ0) is 24.0.